The van der Waals surface area contributed by atoms with Crippen molar-refractivity contribution in [1.29, 1.82) is 0 Å². The minimum absolute atomic E-state index is 0.0833. The summed E-state index contributed by atoms with van der Waals surface area (Å²) in [6.45, 7) is 24.3. The van der Waals surface area contributed by atoms with Gasteiger partial charge >= 0.3 is 0 Å². The molecular weight excluding hydrogens is 945 g/mol. The maximum atomic E-state index is 2.67. The van der Waals surface area contributed by atoms with E-state index in [0.29, 0.717) is 0 Å². The Morgan fingerprint density at radius 1 is 0.312 bits per heavy atom. The number of hydrogen-bond acceptors (Lipinski definition) is 1. The van der Waals surface area contributed by atoms with E-state index in [1.54, 1.807) is 11.1 Å². The van der Waals surface area contributed by atoms with Gasteiger partial charge in [0, 0.05) is 42.2 Å². The van der Waals surface area contributed by atoms with Gasteiger partial charge in [-0.25, -0.2) is 0 Å². The maximum absolute atomic E-state index is 2.67. The Hall–Kier alpha value is -6.54. The van der Waals surface area contributed by atoms with Crippen LogP contribution in [0.4, 0.5) is 0 Å². The van der Waals surface area contributed by atoms with Gasteiger partial charge in [-0.3, -0.25) is 0 Å². The van der Waals surface area contributed by atoms with Gasteiger partial charge in [0.05, 0.1) is 0 Å². The van der Waals surface area contributed by atoms with Crippen LogP contribution in [-0.4, -0.2) is 0 Å². The minimum atomic E-state index is -0.162. The van der Waals surface area contributed by atoms with Crippen molar-refractivity contribution in [2.24, 2.45) is 0 Å². The van der Waals surface area contributed by atoms with Crippen LogP contribution in [0, 0.1) is 0 Å². The fraction of sp³-hybridized carbons (Fsp3) is 0.316. The zero-order chi connectivity index (χ0) is 52.9. The van der Waals surface area contributed by atoms with Gasteiger partial charge in [0.25, 0.3) is 0 Å². The van der Waals surface area contributed by atoms with Gasteiger partial charge in [-0.1, -0.05) is 205 Å². The third-order valence-electron chi connectivity index (χ3n) is 19.9. The first kappa shape index (κ1) is 48.8. The van der Waals surface area contributed by atoms with Gasteiger partial charge in [-0.15, -0.1) is 11.3 Å². The number of benzene rings is 9. The maximum Gasteiger partial charge on any atom is 0.0428 e. The molecule has 4 aliphatic rings. The van der Waals surface area contributed by atoms with Crippen LogP contribution in [-0.2, 0) is 34.5 Å². The molecule has 9 aromatic carbocycles. The van der Waals surface area contributed by atoms with Crippen molar-refractivity contribution in [2.75, 3.05) is 0 Å². The first-order valence-electron chi connectivity index (χ1n) is 29.4. The van der Waals surface area contributed by atoms with Crippen LogP contribution in [0.1, 0.15) is 176 Å². The van der Waals surface area contributed by atoms with E-state index < -0.39 is 0 Å². The lowest BCUT2D eigenvalue weighted by molar-refractivity contribution is 0.651. The van der Waals surface area contributed by atoms with E-state index in [-0.39, 0.29) is 21.7 Å². The van der Waals surface area contributed by atoms with Crippen molar-refractivity contribution in [3.8, 4) is 65.4 Å². The molecule has 0 radical (unpaired) electrons. The molecule has 14 rings (SSSR count). The van der Waals surface area contributed by atoms with Crippen molar-refractivity contribution in [3.63, 3.8) is 0 Å². The van der Waals surface area contributed by atoms with E-state index in [1.807, 2.05) is 11.3 Å². The molecule has 0 spiro atoms. The second-order valence-corrected chi connectivity index (χ2v) is 26.9. The molecule has 0 atom stereocenters. The van der Waals surface area contributed by atoms with Crippen molar-refractivity contribution in [3.05, 3.63) is 201 Å². The van der Waals surface area contributed by atoms with E-state index in [1.165, 1.54) is 194 Å². The SMILES string of the molecule is CCCCCCc1cc2c(-c3ccc4c(c3)C(C)(C)c3cc5c(cc3-4)C(C)(C)c3ccc4ccccc4c3-5)sc(-c3ccc4c(c3)C(C)(C)c3cc5c(cc3-4)C(C)(C)c3ccc4ccccc4c3-5)c2cc1CCCCCC. The van der Waals surface area contributed by atoms with Crippen LogP contribution in [0.15, 0.2) is 146 Å². The normalized spacial score (nSPS) is 16.1. The van der Waals surface area contributed by atoms with Crippen LogP contribution in [0.2, 0.25) is 0 Å². The third kappa shape index (κ3) is 7.07. The van der Waals surface area contributed by atoms with Crippen LogP contribution >= 0.6 is 11.3 Å². The Morgan fingerprint density at radius 2 is 0.688 bits per heavy atom. The molecule has 0 aliphatic heterocycles. The molecule has 0 unspecified atom stereocenters. The zero-order valence-corrected chi connectivity index (χ0v) is 48.2. The van der Waals surface area contributed by atoms with Crippen molar-refractivity contribution < 1.29 is 0 Å². The largest absolute Gasteiger partial charge is 0.134 e. The molecule has 0 nitrogen and oxygen atoms in total. The first-order valence-corrected chi connectivity index (χ1v) is 30.3. The Bertz CT molecular complexity index is 3860. The standard InChI is InChI=1S/C76H74S/c1-11-13-15-17-25-47-37-57-58(38-48(47)26-18-16-14-12-2)72(50-30-34-54-56-42-68-60(44-66(56)76(9,10)64(54)40-50)70-52-28-22-20-24-46(52)32-36-62(70)74(68,5)6)77-71(57)49-29-33-53-55-41-67-59(43-65(55)75(7,8)63(53)39-49)69-51-27-21-19-23-45(51)31-35-61(69)73(67,3)4/h19-24,27-44H,11-18,25-26H2,1-10H3. The molecule has 1 heteroatoms. The molecule has 0 saturated heterocycles. The van der Waals surface area contributed by atoms with Crippen LogP contribution < -0.4 is 0 Å². The summed E-state index contributed by atoms with van der Waals surface area (Å²) in [5.41, 5.74) is 28.2. The molecule has 1 aromatic heterocycles. The highest BCUT2D eigenvalue weighted by atomic mass is 32.1. The highest BCUT2D eigenvalue weighted by Crippen LogP contribution is 2.61. The van der Waals surface area contributed by atoms with Gasteiger partial charge in [0.15, 0.2) is 0 Å². The number of unbranched alkanes of at least 4 members (excludes halogenated alkanes) is 6. The lowest BCUT2D eigenvalue weighted by Crippen LogP contribution is -2.17. The summed E-state index contributed by atoms with van der Waals surface area (Å²) in [4.78, 5) is 2.82. The summed E-state index contributed by atoms with van der Waals surface area (Å²) in [6, 6.07) is 58.3. The fourth-order valence-electron chi connectivity index (χ4n) is 15.4. The second-order valence-electron chi connectivity index (χ2n) is 25.9. The Balaban J connectivity index is 0.913. The average Bonchev–Trinajstić information content (AvgIpc) is 4.28. The van der Waals surface area contributed by atoms with Crippen LogP contribution in [0.3, 0.4) is 0 Å². The van der Waals surface area contributed by atoms with Crippen molar-refractivity contribution in [2.45, 2.75) is 155 Å². The first-order chi connectivity index (χ1) is 37.1. The van der Waals surface area contributed by atoms with Crippen molar-refractivity contribution in [1.82, 2.24) is 0 Å². The molecule has 10 aromatic rings. The fourth-order valence-corrected chi connectivity index (χ4v) is 16.7. The monoisotopic (exact) mass is 1020 g/mol. The lowest BCUT2D eigenvalue weighted by Gasteiger charge is -2.24. The predicted octanol–water partition coefficient (Wildman–Crippen LogP) is 22.0. The summed E-state index contributed by atoms with van der Waals surface area (Å²) in [7, 11) is 0. The Kier molecular flexibility index (Phi) is 11.1. The number of thiophene rings is 1. The van der Waals surface area contributed by atoms with Gasteiger partial charge in [0.1, 0.15) is 0 Å². The average molecular weight is 1020 g/mol. The molecule has 77 heavy (non-hydrogen) atoms. The molecule has 384 valence electrons. The number of fused-ring (bicyclic) bond motifs is 17. The van der Waals surface area contributed by atoms with E-state index in [2.05, 4.69) is 215 Å². The van der Waals surface area contributed by atoms with Gasteiger partial charge in [0.2, 0.25) is 0 Å². The lowest BCUT2D eigenvalue weighted by atomic mass is 9.79. The van der Waals surface area contributed by atoms with E-state index >= 15 is 0 Å². The third-order valence-corrected chi connectivity index (χ3v) is 21.2. The predicted molar refractivity (Wildman–Crippen MR) is 334 cm³/mol. The Labute approximate surface area is 462 Å². The molecule has 0 fully saturated rings. The number of aryl methyl sites for hydroxylation is 2. The highest BCUT2D eigenvalue weighted by Gasteiger charge is 2.44. The van der Waals surface area contributed by atoms with E-state index in [9.17, 15) is 0 Å². The van der Waals surface area contributed by atoms with Crippen LogP contribution in [0.25, 0.3) is 97.7 Å². The Morgan fingerprint density at radius 3 is 1.12 bits per heavy atom. The molecule has 0 N–H and O–H groups in total. The van der Waals surface area contributed by atoms with Gasteiger partial charge in [-0.2, -0.15) is 0 Å². The summed E-state index contributed by atoms with van der Waals surface area (Å²) in [6.07, 6.45) is 12.5. The van der Waals surface area contributed by atoms with Crippen molar-refractivity contribution >= 4 is 43.7 Å². The molecule has 0 amide bonds. The smallest absolute Gasteiger partial charge is 0.0428 e. The van der Waals surface area contributed by atoms with Gasteiger partial charge < -0.3 is 0 Å². The highest BCUT2D eigenvalue weighted by molar-refractivity contribution is 7.21. The molecule has 4 aliphatic carbocycles. The van der Waals surface area contributed by atoms with Gasteiger partial charge in [-0.05, 0) is 207 Å². The number of rotatable bonds is 12. The summed E-state index contributed by atoms with van der Waals surface area (Å²) in [5.74, 6) is 0. The molecule has 0 bridgehead atoms. The molecule has 1 heterocycles. The molecule has 0 saturated carbocycles. The summed E-state index contributed by atoms with van der Waals surface area (Å²) >= 11 is 2.04. The quantitative estimate of drug-likeness (QED) is 0.107. The minimum Gasteiger partial charge on any atom is -0.134 e. The summed E-state index contributed by atoms with van der Waals surface area (Å²) in [5, 5.41) is 8.23. The van der Waals surface area contributed by atoms with Crippen LogP contribution in [0.5, 0.6) is 0 Å². The molecular formula is C76H74S. The van der Waals surface area contributed by atoms with E-state index in [4.69, 9.17) is 0 Å². The number of hydrogen-bond donors (Lipinski definition) is 0. The topological polar surface area (TPSA) is 0 Å². The van der Waals surface area contributed by atoms with E-state index in [0.717, 1.165) is 12.8 Å². The summed E-state index contributed by atoms with van der Waals surface area (Å²) < 4.78 is 0. The zero-order valence-electron chi connectivity index (χ0n) is 47.3. The second kappa shape index (κ2) is 17.5.